The van der Waals surface area contributed by atoms with Gasteiger partial charge in [-0.2, -0.15) is 0 Å². The second-order valence-electron chi connectivity index (χ2n) is 4.63. The molecule has 2 aromatic carbocycles. The largest absolute Gasteiger partial charge is 0.494 e. The van der Waals surface area contributed by atoms with Gasteiger partial charge in [0.15, 0.2) is 11.6 Å². The Morgan fingerprint density at radius 3 is 2.38 bits per heavy atom. The minimum absolute atomic E-state index is 0.152. The van der Waals surface area contributed by atoms with Crippen molar-refractivity contribution in [3.63, 3.8) is 0 Å². The third-order valence-electron chi connectivity index (χ3n) is 3.28. The number of rotatable bonds is 6. The fraction of sp³-hybridized carbons (Fsp3) is 0.294. The van der Waals surface area contributed by atoms with Gasteiger partial charge in [-0.25, -0.2) is 4.39 Å². The third-order valence-corrected chi connectivity index (χ3v) is 3.28. The lowest BCUT2D eigenvalue weighted by Gasteiger charge is -2.24. The quantitative estimate of drug-likeness (QED) is 0.882. The van der Waals surface area contributed by atoms with Gasteiger partial charge in [-0.3, -0.25) is 0 Å². The van der Waals surface area contributed by atoms with Crippen LogP contribution in [0.5, 0.6) is 5.75 Å². The average Bonchev–Trinajstić information content (AvgIpc) is 2.52. The van der Waals surface area contributed by atoms with Crippen molar-refractivity contribution in [2.24, 2.45) is 0 Å². The first-order chi connectivity index (χ1) is 10.2. The molecule has 0 aliphatic carbocycles. The molecule has 4 heteroatoms. The van der Waals surface area contributed by atoms with Crippen LogP contribution in [-0.2, 0) is 4.74 Å². The Hall–Kier alpha value is -1.91. The molecule has 0 aromatic heterocycles. The van der Waals surface area contributed by atoms with E-state index in [1.54, 1.807) is 6.07 Å². The molecule has 21 heavy (non-hydrogen) atoms. The minimum atomic E-state index is -0.951. The van der Waals surface area contributed by atoms with Gasteiger partial charge in [0.2, 0.25) is 0 Å². The highest BCUT2D eigenvalue weighted by molar-refractivity contribution is 5.32. The highest BCUT2D eigenvalue weighted by Gasteiger charge is 2.24. The van der Waals surface area contributed by atoms with E-state index < -0.39 is 18.0 Å². The van der Waals surface area contributed by atoms with Crippen LogP contribution in [0.4, 0.5) is 4.39 Å². The van der Waals surface area contributed by atoms with Crippen LogP contribution in [0, 0.1) is 5.82 Å². The summed E-state index contributed by atoms with van der Waals surface area (Å²) in [5, 5.41) is 10.5. The summed E-state index contributed by atoms with van der Waals surface area (Å²) in [6, 6.07) is 13.8. The van der Waals surface area contributed by atoms with Crippen LogP contribution in [0.3, 0.4) is 0 Å². The minimum Gasteiger partial charge on any atom is -0.494 e. The second-order valence-corrected chi connectivity index (χ2v) is 4.63. The predicted molar refractivity (Wildman–Crippen MR) is 78.7 cm³/mol. The molecule has 2 atom stereocenters. The number of benzene rings is 2. The first-order valence-electron chi connectivity index (χ1n) is 6.85. The summed E-state index contributed by atoms with van der Waals surface area (Å²) in [6.45, 7) is 2.31. The van der Waals surface area contributed by atoms with E-state index in [0.717, 1.165) is 5.56 Å². The lowest BCUT2D eigenvalue weighted by atomic mass is 9.98. The molecule has 0 saturated heterocycles. The molecule has 3 nitrogen and oxygen atoms in total. The summed E-state index contributed by atoms with van der Waals surface area (Å²) in [5.41, 5.74) is 1.30. The van der Waals surface area contributed by atoms with E-state index in [-0.39, 0.29) is 5.75 Å². The summed E-state index contributed by atoms with van der Waals surface area (Å²) in [6.07, 6.45) is -1.49. The van der Waals surface area contributed by atoms with Crippen molar-refractivity contribution in [1.82, 2.24) is 0 Å². The first kappa shape index (κ1) is 15.5. The van der Waals surface area contributed by atoms with Crippen LogP contribution in [-0.4, -0.2) is 18.8 Å². The summed E-state index contributed by atoms with van der Waals surface area (Å²) in [5.74, 6) is -0.351. The van der Waals surface area contributed by atoms with Crippen molar-refractivity contribution in [3.05, 3.63) is 65.5 Å². The number of aliphatic hydroxyl groups is 1. The second kappa shape index (κ2) is 7.20. The topological polar surface area (TPSA) is 38.7 Å². The molecule has 2 unspecified atom stereocenters. The van der Waals surface area contributed by atoms with Crippen molar-refractivity contribution in [2.45, 2.75) is 19.1 Å². The van der Waals surface area contributed by atoms with Crippen molar-refractivity contribution < 1.29 is 19.0 Å². The molecule has 0 bridgehead atoms. The van der Waals surface area contributed by atoms with Crippen LogP contribution in [0.1, 0.15) is 30.3 Å². The molecule has 0 amide bonds. The molecule has 0 heterocycles. The smallest absolute Gasteiger partial charge is 0.165 e. The maximum absolute atomic E-state index is 13.8. The number of ether oxygens (including phenoxy) is 2. The zero-order chi connectivity index (χ0) is 15.2. The van der Waals surface area contributed by atoms with Gasteiger partial charge in [0.25, 0.3) is 0 Å². The number of hydrogen-bond donors (Lipinski definition) is 1. The normalized spacial score (nSPS) is 13.7. The van der Waals surface area contributed by atoms with Gasteiger partial charge < -0.3 is 14.6 Å². The highest BCUT2D eigenvalue weighted by Crippen LogP contribution is 2.33. The van der Waals surface area contributed by atoms with Gasteiger partial charge in [0, 0.05) is 6.61 Å². The third kappa shape index (κ3) is 3.60. The van der Waals surface area contributed by atoms with Gasteiger partial charge >= 0.3 is 0 Å². The van der Waals surface area contributed by atoms with Gasteiger partial charge in [-0.15, -0.1) is 0 Å². The molecular weight excluding hydrogens is 271 g/mol. The lowest BCUT2D eigenvalue weighted by molar-refractivity contribution is -0.0362. The number of hydrogen-bond acceptors (Lipinski definition) is 3. The van der Waals surface area contributed by atoms with E-state index in [1.807, 2.05) is 37.3 Å². The monoisotopic (exact) mass is 290 g/mol. The number of halogens is 1. The fourth-order valence-corrected chi connectivity index (χ4v) is 2.23. The van der Waals surface area contributed by atoms with Gasteiger partial charge in [-0.1, -0.05) is 36.4 Å². The van der Waals surface area contributed by atoms with E-state index in [2.05, 4.69) is 0 Å². The Kier molecular flexibility index (Phi) is 5.31. The summed E-state index contributed by atoms with van der Waals surface area (Å²) >= 11 is 0. The number of methoxy groups -OCH3 is 1. The molecule has 2 rings (SSSR count). The van der Waals surface area contributed by atoms with E-state index in [1.165, 1.54) is 19.2 Å². The van der Waals surface area contributed by atoms with Gasteiger partial charge in [0.05, 0.1) is 7.11 Å². The Bertz CT molecular complexity index is 572. The summed E-state index contributed by atoms with van der Waals surface area (Å²) < 4.78 is 24.3. The average molecular weight is 290 g/mol. The van der Waals surface area contributed by atoms with Crippen molar-refractivity contribution in [3.8, 4) is 5.75 Å². The zero-order valence-corrected chi connectivity index (χ0v) is 12.1. The summed E-state index contributed by atoms with van der Waals surface area (Å²) in [7, 11) is 1.40. The van der Waals surface area contributed by atoms with Crippen LogP contribution < -0.4 is 4.74 Å². The Labute approximate surface area is 124 Å². The molecule has 0 spiro atoms. The molecule has 0 aliphatic rings. The number of aliphatic hydroxyl groups excluding tert-OH is 1. The zero-order valence-electron chi connectivity index (χ0n) is 12.1. The molecular formula is C17H19FO3. The Morgan fingerprint density at radius 1 is 1.10 bits per heavy atom. The molecule has 0 aliphatic heterocycles. The van der Waals surface area contributed by atoms with E-state index in [9.17, 15) is 9.50 Å². The predicted octanol–water partition coefficient (Wildman–Crippen LogP) is 3.65. The van der Waals surface area contributed by atoms with E-state index in [0.29, 0.717) is 12.2 Å². The fourth-order valence-electron chi connectivity index (χ4n) is 2.23. The van der Waals surface area contributed by atoms with Crippen molar-refractivity contribution in [2.75, 3.05) is 13.7 Å². The molecule has 0 fully saturated rings. The molecule has 2 aromatic rings. The Balaban J connectivity index is 2.30. The molecule has 1 N–H and O–H groups in total. The van der Waals surface area contributed by atoms with E-state index >= 15 is 0 Å². The standard InChI is InChI=1S/C17H19FO3/c1-3-21-17(12-7-5-4-6-8-12)16(19)13-9-10-15(20-2)14(18)11-13/h4-11,16-17,19H,3H2,1-2H3. The summed E-state index contributed by atoms with van der Waals surface area (Å²) in [4.78, 5) is 0. The van der Waals surface area contributed by atoms with Crippen LogP contribution in [0.25, 0.3) is 0 Å². The molecule has 112 valence electrons. The van der Waals surface area contributed by atoms with E-state index in [4.69, 9.17) is 9.47 Å². The SMILES string of the molecule is CCOC(c1ccccc1)C(O)c1ccc(OC)c(F)c1. The van der Waals surface area contributed by atoms with Crippen LogP contribution in [0.2, 0.25) is 0 Å². The maximum atomic E-state index is 13.8. The maximum Gasteiger partial charge on any atom is 0.165 e. The van der Waals surface area contributed by atoms with Crippen LogP contribution >= 0.6 is 0 Å². The van der Waals surface area contributed by atoms with Crippen LogP contribution in [0.15, 0.2) is 48.5 Å². The highest BCUT2D eigenvalue weighted by atomic mass is 19.1. The Morgan fingerprint density at radius 2 is 1.81 bits per heavy atom. The molecule has 0 radical (unpaired) electrons. The van der Waals surface area contributed by atoms with Gasteiger partial charge in [-0.05, 0) is 30.2 Å². The van der Waals surface area contributed by atoms with Crippen molar-refractivity contribution >= 4 is 0 Å². The van der Waals surface area contributed by atoms with Gasteiger partial charge in [0.1, 0.15) is 12.2 Å². The van der Waals surface area contributed by atoms with Crippen molar-refractivity contribution in [1.29, 1.82) is 0 Å². The first-order valence-corrected chi connectivity index (χ1v) is 6.85. The lowest BCUT2D eigenvalue weighted by Crippen LogP contribution is -2.15. The molecule has 0 saturated carbocycles.